The predicted octanol–water partition coefficient (Wildman–Crippen LogP) is 2.71. The Hall–Kier alpha value is -3.00. The highest BCUT2D eigenvalue weighted by molar-refractivity contribution is 5.97. The molecule has 3 rings (SSSR count). The van der Waals surface area contributed by atoms with E-state index in [1.807, 2.05) is 0 Å². The first-order valence-electron chi connectivity index (χ1n) is 8.05. The number of nitrogens with one attached hydrogen (secondary N) is 1. The number of methoxy groups -OCH3 is 1. The van der Waals surface area contributed by atoms with Gasteiger partial charge in [0.05, 0.1) is 6.20 Å². The molecule has 0 unspecified atom stereocenters. The Morgan fingerprint density at radius 3 is 2.73 bits per heavy atom. The normalized spacial score (nSPS) is 10.9. The molecule has 0 radical (unpaired) electrons. The average Bonchev–Trinajstić information content (AvgIpc) is 3.27. The number of hydrogen-bond donors (Lipinski definition) is 1. The van der Waals surface area contributed by atoms with Gasteiger partial charge in [-0.1, -0.05) is 0 Å². The number of amides is 1. The maximum atomic E-state index is 14.2. The van der Waals surface area contributed by atoms with Crippen LogP contribution in [-0.2, 0) is 4.74 Å². The van der Waals surface area contributed by atoms with Crippen molar-refractivity contribution in [3.8, 4) is 11.5 Å². The summed E-state index contributed by atoms with van der Waals surface area (Å²) in [5.41, 5.74) is 0.330. The van der Waals surface area contributed by atoms with E-state index in [9.17, 15) is 13.6 Å². The van der Waals surface area contributed by atoms with Crippen LogP contribution in [0, 0.1) is 11.6 Å². The fourth-order valence-corrected chi connectivity index (χ4v) is 2.57. The quantitative estimate of drug-likeness (QED) is 0.659. The summed E-state index contributed by atoms with van der Waals surface area (Å²) in [6.07, 6.45) is 5.47. The van der Waals surface area contributed by atoms with Gasteiger partial charge in [0.1, 0.15) is 17.1 Å². The van der Waals surface area contributed by atoms with Gasteiger partial charge < -0.3 is 14.6 Å². The van der Waals surface area contributed by atoms with E-state index in [2.05, 4.69) is 10.4 Å². The van der Waals surface area contributed by atoms with Gasteiger partial charge in [0.2, 0.25) is 0 Å². The van der Waals surface area contributed by atoms with Crippen molar-refractivity contribution in [2.45, 2.75) is 6.42 Å². The number of carbonyl (C=O) groups is 1. The van der Waals surface area contributed by atoms with Crippen LogP contribution < -0.4 is 5.32 Å². The summed E-state index contributed by atoms with van der Waals surface area (Å²) < 4.78 is 35.3. The van der Waals surface area contributed by atoms with Crippen molar-refractivity contribution in [1.82, 2.24) is 19.7 Å². The van der Waals surface area contributed by atoms with E-state index in [0.29, 0.717) is 25.4 Å². The largest absolute Gasteiger partial charge is 0.385 e. The number of halogens is 2. The highest BCUT2D eigenvalue weighted by Crippen LogP contribution is 2.22. The fourth-order valence-electron chi connectivity index (χ4n) is 2.57. The third kappa shape index (κ3) is 3.65. The first kappa shape index (κ1) is 17.8. The monoisotopic (exact) mass is 360 g/mol. The molecule has 26 heavy (non-hydrogen) atoms. The minimum atomic E-state index is -0.770. The van der Waals surface area contributed by atoms with E-state index < -0.39 is 11.6 Å². The summed E-state index contributed by atoms with van der Waals surface area (Å²) in [7, 11) is 1.59. The van der Waals surface area contributed by atoms with Gasteiger partial charge in [-0.25, -0.2) is 13.5 Å². The van der Waals surface area contributed by atoms with E-state index in [1.54, 1.807) is 36.2 Å². The van der Waals surface area contributed by atoms with Gasteiger partial charge >= 0.3 is 0 Å². The van der Waals surface area contributed by atoms with Crippen LogP contribution in [-0.4, -0.2) is 40.5 Å². The van der Waals surface area contributed by atoms with Gasteiger partial charge in [-0.3, -0.25) is 4.79 Å². The third-order valence-electron chi connectivity index (χ3n) is 3.79. The van der Waals surface area contributed by atoms with Crippen molar-refractivity contribution < 1.29 is 18.3 Å². The number of hydrogen-bond acceptors (Lipinski definition) is 3. The molecule has 1 N–H and O–H groups in total. The summed E-state index contributed by atoms with van der Waals surface area (Å²) in [6, 6.07) is 6.76. The zero-order chi connectivity index (χ0) is 18.5. The van der Waals surface area contributed by atoms with Gasteiger partial charge in [0.25, 0.3) is 5.91 Å². The first-order valence-corrected chi connectivity index (χ1v) is 8.05. The number of benzene rings is 1. The molecule has 0 bridgehead atoms. The van der Waals surface area contributed by atoms with Gasteiger partial charge in [-0.2, -0.15) is 5.10 Å². The average molecular weight is 360 g/mol. The van der Waals surface area contributed by atoms with Crippen molar-refractivity contribution in [1.29, 1.82) is 0 Å². The lowest BCUT2D eigenvalue weighted by Gasteiger charge is -2.12. The Kier molecular flexibility index (Phi) is 5.43. The van der Waals surface area contributed by atoms with Crippen LogP contribution in [0.1, 0.15) is 16.8 Å². The SMILES string of the molecule is COCCCNC(=O)c1cnn(-c2ccc(F)cc2F)c1-n1cccc1. The first-order chi connectivity index (χ1) is 12.6. The molecule has 0 aliphatic rings. The van der Waals surface area contributed by atoms with Crippen LogP contribution >= 0.6 is 0 Å². The van der Waals surface area contributed by atoms with Crippen molar-refractivity contribution in [2.75, 3.05) is 20.3 Å². The predicted molar refractivity (Wildman–Crippen MR) is 91.6 cm³/mol. The van der Waals surface area contributed by atoms with Crippen LogP contribution in [0.3, 0.4) is 0 Å². The molecule has 3 aromatic rings. The molecule has 2 aromatic heterocycles. The lowest BCUT2D eigenvalue weighted by Crippen LogP contribution is -2.26. The molecule has 0 saturated carbocycles. The summed E-state index contributed by atoms with van der Waals surface area (Å²) in [5, 5.41) is 6.93. The van der Waals surface area contributed by atoms with Crippen molar-refractivity contribution in [3.63, 3.8) is 0 Å². The molecule has 1 aromatic carbocycles. The third-order valence-corrected chi connectivity index (χ3v) is 3.79. The van der Waals surface area contributed by atoms with E-state index in [-0.39, 0.29) is 17.2 Å². The van der Waals surface area contributed by atoms with Gasteiger partial charge in [0, 0.05) is 38.7 Å². The second-order valence-corrected chi connectivity index (χ2v) is 5.58. The summed E-state index contributed by atoms with van der Waals surface area (Å²) in [6.45, 7) is 0.971. The zero-order valence-electron chi connectivity index (χ0n) is 14.2. The lowest BCUT2D eigenvalue weighted by atomic mass is 10.2. The molecule has 1 amide bonds. The Morgan fingerprint density at radius 1 is 1.27 bits per heavy atom. The van der Waals surface area contributed by atoms with E-state index in [1.165, 1.54) is 16.9 Å². The molecule has 0 aliphatic heterocycles. The molecule has 0 spiro atoms. The standard InChI is InChI=1S/C18H18F2N4O2/c1-26-10-4-7-21-17(25)14-12-22-24(18(14)23-8-2-3-9-23)16-6-5-13(19)11-15(16)20/h2-3,5-6,8-9,11-12H,4,7,10H2,1H3,(H,21,25). The minimum absolute atomic E-state index is 0.0496. The Morgan fingerprint density at radius 2 is 2.04 bits per heavy atom. The molecule has 136 valence electrons. The van der Waals surface area contributed by atoms with Crippen molar-refractivity contribution >= 4 is 5.91 Å². The Bertz CT molecular complexity index is 891. The smallest absolute Gasteiger partial charge is 0.256 e. The number of carbonyl (C=O) groups excluding carboxylic acids is 1. The number of rotatable bonds is 7. The molecule has 6 nitrogen and oxygen atoms in total. The molecule has 0 atom stereocenters. The fraction of sp³-hybridized carbons (Fsp3) is 0.222. The van der Waals surface area contributed by atoms with Crippen LogP contribution in [0.25, 0.3) is 11.5 Å². The van der Waals surface area contributed by atoms with Gasteiger partial charge in [0.15, 0.2) is 11.6 Å². The van der Waals surface area contributed by atoms with Crippen LogP contribution in [0.5, 0.6) is 0 Å². The van der Waals surface area contributed by atoms with Crippen LogP contribution in [0.4, 0.5) is 8.78 Å². The Balaban J connectivity index is 1.99. The van der Waals surface area contributed by atoms with Crippen LogP contribution in [0.2, 0.25) is 0 Å². The molecule has 0 saturated heterocycles. The zero-order valence-corrected chi connectivity index (χ0v) is 14.2. The second-order valence-electron chi connectivity index (χ2n) is 5.58. The minimum Gasteiger partial charge on any atom is -0.385 e. The topological polar surface area (TPSA) is 61.1 Å². The summed E-state index contributed by atoms with van der Waals surface area (Å²) in [5.74, 6) is -1.42. The van der Waals surface area contributed by atoms with Gasteiger partial charge in [-0.05, 0) is 30.7 Å². The maximum absolute atomic E-state index is 14.2. The van der Waals surface area contributed by atoms with E-state index >= 15 is 0 Å². The van der Waals surface area contributed by atoms with Crippen LogP contribution in [0.15, 0.2) is 48.9 Å². The number of ether oxygens (including phenoxy) is 1. The molecule has 2 heterocycles. The molecule has 8 heteroatoms. The highest BCUT2D eigenvalue weighted by Gasteiger charge is 2.21. The van der Waals surface area contributed by atoms with Crippen molar-refractivity contribution in [2.24, 2.45) is 0 Å². The van der Waals surface area contributed by atoms with E-state index in [0.717, 1.165) is 12.1 Å². The Labute approximate surface area is 149 Å². The highest BCUT2D eigenvalue weighted by atomic mass is 19.1. The molecular formula is C18H18F2N4O2. The molecular weight excluding hydrogens is 342 g/mol. The maximum Gasteiger partial charge on any atom is 0.256 e. The number of nitrogens with zero attached hydrogens (tertiary/aromatic N) is 3. The van der Waals surface area contributed by atoms with Gasteiger partial charge in [-0.15, -0.1) is 0 Å². The summed E-state index contributed by atoms with van der Waals surface area (Å²) >= 11 is 0. The lowest BCUT2D eigenvalue weighted by molar-refractivity contribution is 0.0948. The molecule has 0 fully saturated rings. The van der Waals surface area contributed by atoms with Crippen molar-refractivity contribution in [3.05, 3.63) is 66.1 Å². The molecule has 0 aliphatic carbocycles. The van der Waals surface area contributed by atoms with E-state index in [4.69, 9.17) is 4.74 Å². The number of aromatic nitrogens is 3. The second kappa shape index (κ2) is 7.92. The summed E-state index contributed by atoms with van der Waals surface area (Å²) in [4.78, 5) is 12.5.